The number of H-pyrrole nitrogens is 1. The normalized spacial score (nSPS) is 12.2. The van der Waals surface area contributed by atoms with Crippen molar-refractivity contribution in [2.24, 2.45) is 0 Å². The molecular weight excluding hydrogens is 284 g/mol. The molecule has 5 nitrogen and oxygen atoms in total. The van der Waals surface area contributed by atoms with Crippen LogP contribution in [0.25, 0.3) is 0 Å². The molecule has 0 aliphatic carbocycles. The zero-order valence-corrected chi connectivity index (χ0v) is 12.4. The highest BCUT2D eigenvalue weighted by atomic mass is 32.2. The lowest BCUT2D eigenvalue weighted by atomic mass is 10.1. The molecular formula is C15H16N4OS. The molecule has 21 heavy (non-hydrogen) atoms. The predicted molar refractivity (Wildman–Crippen MR) is 82.3 cm³/mol. The number of hydrogen-bond donors (Lipinski definition) is 2. The fourth-order valence-corrected chi connectivity index (χ4v) is 2.73. The van der Waals surface area contributed by atoms with Gasteiger partial charge in [0.05, 0.1) is 12.3 Å². The van der Waals surface area contributed by atoms with E-state index in [4.69, 9.17) is 4.42 Å². The number of hydrogen-bond acceptors (Lipinski definition) is 5. The maximum absolute atomic E-state index is 5.47. The molecule has 0 amide bonds. The monoisotopic (exact) mass is 300 g/mol. The fraction of sp³-hybridized carbons (Fsp3) is 0.200. The molecule has 0 fully saturated rings. The van der Waals surface area contributed by atoms with E-state index in [2.05, 4.69) is 51.7 Å². The Kier molecular flexibility index (Phi) is 4.25. The number of nitrogens with one attached hydrogen (secondary N) is 2. The van der Waals surface area contributed by atoms with E-state index >= 15 is 0 Å². The first kappa shape index (κ1) is 13.8. The first-order valence-electron chi connectivity index (χ1n) is 6.78. The Hall–Kier alpha value is -2.21. The second-order valence-electron chi connectivity index (χ2n) is 4.54. The highest BCUT2D eigenvalue weighted by Gasteiger charge is 2.11. The maximum atomic E-state index is 5.47. The molecule has 1 aromatic carbocycles. The van der Waals surface area contributed by atoms with Gasteiger partial charge >= 0.3 is 0 Å². The molecule has 2 N–H and O–H groups in total. The van der Waals surface area contributed by atoms with Gasteiger partial charge in [-0.3, -0.25) is 5.10 Å². The van der Waals surface area contributed by atoms with Crippen LogP contribution < -0.4 is 5.32 Å². The van der Waals surface area contributed by atoms with Crippen molar-refractivity contribution < 1.29 is 4.42 Å². The van der Waals surface area contributed by atoms with Crippen LogP contribution in [0.5, 0.6) is 0 Å². The molecule has 1 unspecified atom stereocenters. The quantitative estimate of drug-likeness (QED) is 0.717. The minimum atomic E-state index is 0.188. The average Bonchev–Trinajstić information content (AvgIpc) is 3.20. The van der Waals surface area contributed by atoms with Crippen LogP contribution in [0.1, 0.15) is 25.1 Å². The first-order valence-corrected chi connectivity index (χ1v) is 7.60. The van der Waals surface area contributed by atoms with Crippen molar-refractivity contribution in [3.05, 3.63) is 54.7 Å². The van der Waals surface area contributed by atoms with Gasteiger partial charge < -0.3 is 9.73 Å². The van der Waals surface area contributed by atoms with Crippen molar-refractivity contribution in [1.82, 2.24) is 15.2 Å². The third kappa shape index (κ3) is 3.46. The molecule has 0 saturated heterocycles. The van der Waals surface area contributed by atoms with Crippen LogP contribution in [-0.4, -0.2) is 15.2 Å². The largest absolute Gasteiger partial charge is 0.467 e. The molecule has 6 heteroatoms. The van der Waals surface area contributed by atoms with E-state index in [1.807, 2.05) is 12.1 Å². The van der Waals surface area contributed by atoms with Crippen LogP contribution in [0, 0.1) is 0 Å². The summed E-state index contributed by atoms with van der Waals surface area (Å²) in [4.78, 5) is 5.21. The van der Waals surface area contributed by atoms with E-state index in [1.165, 1.54) is 6.33 Å². The van der Waals surface area contributed by atoms with Gasteiger partial charge in [0.25, 0.3) is 0 Å². The van der Waals surface area contributed by atoms with Crippen LogP contribution in [0.3, 0.4) is 0 Å². The Labute approximate surface area is 127 Å². The lowest BCUT2D eigenvalue weighted by molar-refractivity contribution is 0.474. The first-order chi connectivity index (χ1) is 10.3. The van der Waals surface area contributed by atoms with Crippen LogP contribution in [0.2, 0.25) is 0 Å². The lowest BCUT2D eigenvalue weighted by Gasteiger charge is -2.16. The topological polar surface area (TPSA) is 66.7 Å². The van der Waals surface area contributed by atoms with E-state index in [0.29, 0.717) is 0 Å². The molecule has 0 radical (unpaired) electrons. The standard InChI is InChI=1S/C15H16N4OS/c1-2-13(14-4-3-9-20-14)18-11-5-7-12(8-6-11)21-15-16-10-17-19-15/h3-10,13,18H,2H2,1H3,(H,16,17,19). The average molecular weight is 300 g/mol. The van der Waals surface area contributed by atoms with Gasteiger partial charge in [-0.2, -0.15) is 5.10 Å². The van der Waals surface area contributed by atoms with E-state index in [1.54, 1.807) is 18.0 Å². The molecule has 0 aliphatic rings. The van der Waals surface area contributed by atoms with E-state index < -0.39 is 0 Å². The van der Waals surface area contributed by atoms with Crippen molar-refractivity contribution in [3.63, 3.8) is 0 Å². The summed E-state index contributed by atoms with van der Waals surface area (Å²) >= 11 is 1.55. The van der Waals surface area contributed by atoms with Crippen molar-refractivity contribution in [1.29, 1.82) is 0 Å². The molecule has 0 saturated carbocycles. The Balaban J connectivity index is 1.66. The van der Waals surface area contributed by atoms with Crippen molar-refractivity contribution in [2.75, 3.05) is 5.32 Å². The van der Waals surface area contributed by atoms with E-state index in [-0.39, 0.29) is 6.04 Å². The molecule has 0 bridgehead atoms. The summed E-state index contributed by atoms with van der Waals surface area (Å²) in [5.74, 6) is 0.956. The van der Waals surface area contributed by atoms with Crippen LogP contribution in [0.15, 0.2) is 63.5 Å². The molecule has 0 spiro atoms. The van der Waals surface area contributed by atoms with Gasteiger partial charge in [0, 0.05) is 10.6 Å². The fourth-order valence-electron chi connectivity index (χ4n) is 2.04. The number of benzene rings is 1. The smallest absolute Gasteiger partial charge is 0.188 e. The number of aromatic nitrogens is 3. The van der Waals surface area contributed by atoms with Crippen molar-refractivity contribution in [2.45, 2.75) is 29.4 Å². The molecule has 3 aromatic rings. The number of anilines is 1. The van der Waals surface area contributed by atoms with Gasteiger partial charge in [0.2, 0.25) is 0 Å². The van der Waals surface area contributed by atoms with Crippen molar-refractivity contribution >= 4 is 17.4 Å². The highest BCUT2D eigenvalue weighted by molar-refractivity contribution is 7.99. The minimum Gasteiger partial charge on any atom is -0.467 e. The zero-order chi connectivity index (χ0) is 14.5. The van der Waals surface area contributed by atoms with Gasteiger partial charge in [-0.05, 0) is 42.8 Å². The zero-order valence-electron chi connectivity index (χ0n) is 11.6. The third-order valence-corrected chi connectivity index (χ3v) is 4.00. The molecule has 108 valence electrons. The summed E-state index contributed by atoms with van der Waals surface area (Å²) in [5, 5.41) is 10.9. The lowest BCUT2D eigenvalue weighted by Crippen LogP contribution is -2.08. The number of furan rings is 1. The van der Waals surface area contributed by atoms with Crippen LogP contribution in [0.4, 0.5) is 5.69 Å². The molecule has 3 rings (SSSR count). The Morgan fingerprint density at radius 3 is 2.76 bits per heavy atom. The number of nitrogens with zero attached hydrogens (tertiary/aromatic N) is 2. The van der Waals surface area contributed by atoms with Crippen LogP contribution >= 0.6 is 11.8 Å². The third-order valence-electron chi connectivity index (χ3n) is 3.10. The molecule has 1 atom stereocenters. The van der Waals surface area contributed by atoms with Crippen molar-refractivity contribution in [3.8, 4) is 0 Å². The Morgan fingerprint density at radius 2 is 2.14 bits per heavy atom. The Morgan fingerprint density at radius 1 is 1.29 bits per heavy atom. The summed E-state index contributed by atoms with van der Waals surface area (Å²) in [6, 6.07) is 12.3. The van der Waals surface area contributed by atoms with Gasteiger partial charge in [0.15, 0.2) is 5.16 Å². The number of rotatable bonds is 6. The van der Waals surface area contributed by atoms with Gasteiger partial charge in [0.1, 0.15) is 12.1 Å². The van der Waals surface area contributed by atoms with E-state index in [0.717, 1.165) is 27.9 Å². The summed E-state index contributed by atoms with van der Waals surface area (Å²) in [7, 11) is 0. The molecule has 0 aliphatic heterocycles. The van der Waals surface area contributed by atoms with Gasteiger partial charge in [-0.15, -0.1) is 0 Å². The summed E-state index contributed by atoms with van der Waals surface area (Å²) in [5.41, 5.74) is 1.07. The van der Waals surface area contributed by atoms with Gasteiger partial charge in [-0.25, -0.2) is 4.98 Å². The highest BCUT2D eigenvalue weighted by Crippen LogP contribution is 2.27. The van der Waals surface area contributed by atoms with Crippen LogP contribution in [-0.2, 0) is 0 Å². The Bertz CT molecular complexity index is 650. The minimum absolute atomic E-state index is 0.188. The summed E-state index contributed by atoms with van der Waals surface area (Å²) in [6.07, 6.45) is 4.17. The molecule has 2 aromatic heterocycles. The van der Waals surface area contributed by atoms with E-state index in [9.17, 15) is 0 Å². The SMILES string of the molecule is CCC(Nc1ccc(Sc2ncn[nH]2)cc1)c1ccco1. The maximum Gasteiger partial charge on any atom is 0.188 e. The molecule has 2 heterocycles. The summed E-state index contributed by atoms with van der Waals surface area (Å²) in [6.45, 7) is 2.13. The predicted octanol–water partition coefficient (Wildman–Crippen LogP) is 4.11. The summed E-state index contributed by atoms with van der Waals surface area (Å²) < 4.78 is 5.47. The second kappa shape index (κ2) is 6.49. The van der Waals surface area contributed by atoms with Gasteiger partial charge in [-0.1, -0.05) is 18.7 Å². The second-order valence-corrected chi connectivity index (χ2v) is 5.60. The number of aromatic amines is 1.